The summed E-state index contributed by atoms with van der Waals surface area (Å²) < 4.78 is 6.56. The van der Waals surface area contributed by atoms with Gasteiger partial charge in [0, 0.05) is 33.5 Å². The summed E-state index contributed by atoms with van der Waals surface area (Å²) in [5, 5.41) is 16.1. The molecule has 1 aromatic carbocycles. The molecular weight excluding hydrogens is 397 g/mol. The van der Waals surface area contributed by atoms with Gasteiger partial charge in [-0.3, -0.25) is 0 Å². The van der Waals surface area contributed by atoms with Crippen LogP contribution in [0.1, 0.15) is 4.88 Å². The van der Waals surface area contributed by atoms with Crippen molar-refractivity contribution in [2.45, 2.75) is 12.6 Å². The highest BCUT2D eigenvalue weighted by atomic mass is 79.9. The van der Waals surface area contributed by atoms with E-state index in [1.807, 2.05) is 11.4 Å². The minimum atomic E-state index is -0.626. The van der Waals surface area contributed by atoms with Crippen molar-refractivity contribution < 1.29 is 9.84 Å². The van der Waals surface area contributed by atoms with Crippen molar-refractivity contribution in [3.63, 3.8) is 0 Å². The van der Waals surface area contributed by atoms with Crippen LogP contribution >= 0.6 is 50.5 Å². The third kappa shape index (κ3) is 5.43. The molecule has 1 heterocycles. The highest BCUT2D eigenvalue weighted by Crippen LogP contribution is 2.27. The molecule has 0 aliphatic heterocycles. The van der Waals surface area contributed by atoms with E-state index >= 15 is 0 Å². The maximum Gasteiger partial charge on any atom is 0.139 e. The van der Waals surface area contributed by atoms with Crippen molar-refractivity contribution in [1.82, 2.24) is 5.32 Å². The number of ether oxygens (including phenoxy) is 1. The van der Waals surface area contributed by atoms with Gasteiger partial charge in [0.25, 0.3) is 0 Å². The average molecular weight is 411 g/mol. The number of aliphatic hydroxyl groups is 1. The van der Waals surface area contributed by atoms with E-state index in [1.165, 1.54) is 4.88 Å². The zero-order valence-electron chi connectivity index (χ0n) is 11.0. The molecule has 0 radical (unpaired) electrons. The lowest BCUT2D eigenvalue weighted by molar-refractivity contribution is 0.106. The van der Waals surface area contributed by atoms with Gasteiger partial charge in [-0.15, -0.1) is 11.3 Å². The molecule has 0 fully saturated rings. The third-order valence-corrected chi connectivity index (χ3v) is 5.15. The Bertz CT molecular complexity index is 594. The minimum absolute atomic E-state index is 0.151. The van der Waals surface area contributed by atoms with Crippen LogP contribution in [0, 0.1) is 0 Å². The maximum atomic E-state index is 9.90. The molecule has 114 valence electrons. The van der Waals surface area contributed by atoms with Gasteiger partial charge in [0.15, 0.2) is 0 Å². The minimum Gasteiger partial charge on any atom is -0.489 e. The summed E-state index contributed by atoms with van der Waals surface area (Å²) in [5.74, 6) is 0.476. The first-order chi connectivity index (χ1) is 10.1. The number of halogens is 3. The van der Waals surface area contributed by atoms with Crippen LogP contribution in [0.2, 0.25) is 10.0 Å². The molecule has 0 saturated carbocycles. The normalized spacial score (nSPS) is 12.4. The molecule has 0 bridgehead atoms. The first-order valence-electron chi connectivity index (χ1n) is 6.24. The zero-order chi connectivity index (χ0) is 15.2. The Kier molecular flexibility index (Phi) is 6.79. The molecule has 0 spiro atoms. The monoisotopic (exact) mass is 409 g/mol. The first kappa shape index (κ1) is 17.1. The number of hydrogen-bond donors (Lipinski definition) is 2. The summed E-state index contributed by atoms with van der Waals surface area (Å²) in [7, 11) is 0. The van der Waals surface area contributed by atoms with Gasteiger partial charge in [-0.2, -0.15) is 0 Å². The number of thiophene rings is 1. The average Bonchev–Trinajstić information content (AvgIpc) is 2.85. The van der Waals surface area contributed by atoms with Gasteiger partial charge in [0.2, 0.25) is 0 Å². The van der Waals surface area contributed by atoms with Crippen LogP contribution in [0.25, 0.3) is 0 Å². The Balaban J connectivity index is 1.73. The van der Waals surface area contributed by atoms with Crippen LogP contribution < -0.4 is 10.1 Å². The van der Waals surface area contributed by atoms with Crippen molar-refractivity contribution in [2.75, 3.05) is 13.2 Å². The Morgan fingerprint density at radius 3 is 2.86 bits per heavy atom. The molecule has 0 aliphatic carbocycles. The van der Waals surface area contributed by atoms with E-state index in [9.17, 15) is 5.11 Å². The van der Waals surface area contributed by atoms with Crippen LogP contribution in [0.4, 0.5) is 0 Å². The van der Waals surface area contributed by atoms with E-state index in [2.05, 4.69) is 21.2 Å². The molecule has 1 atom stereocenters. The van der Waals surface area contributed by atoms with Crippen LogP contribution in [-0.4, -0.2) is 24.4 Å². The lowest BCUT2D eigenvalue weighted by atomic mass is 10.3. The summed E-state index contributed by atoms with van der Waals surface area (Å²) in [6.45, 7) is 1.29. The molecular formula is C14H14BrCl2NO2S. The van der Waals surface area contributed by atoms with E-state index in [4.69, 9.17) is 27.9 Å². The number of aliphatic hydroxyl groups excluding tert-OH is 1. The largest absolute Gasteiger partial charge is 0.489 e. The Hall–Kier alpha value is -0.300. The van der Waals surface area contributed by atoms with Crippen molar-refractivity contribution in [1.29, 1.82) is 0 Å². The van der Waals surface area contributed by atoms with Gasteiger partial charge in [0.1, 0.15) is 18.5 Å². The molecule has 0 aliphatic rings. The maximum absolute atomic E-state index is 9.90. The second kappa shape index (κ2) is 8.36. The summed E-state index contributed by atoms with van der Waals surface area (Å²) in [6.07, 6.45) is -0.626. The number of benzene rings is 1. The molecule has 2 aromatic rings. The van der Waals surface area contributed by atoms with E-state index in [1.54, 1.807) is 29.5 Å². The SMILES string of the molecule is OC(CNCc1sccc1Br)COc1cc(Cl)ccc1Cl. The lowest BCUT2D eigenvalue weighted by Gasteiger charge is -2.14. The Morgan fingerprint density at radius 2 is 2.14 bits per heavy atom. The van der Waals surface area contributed by atoms with Gasteiger partial charge in [0.05, 0.1) is 5.02 Å². The first-order valence-corrected chi connectivity index (χ1v) is 8.67. The summed E-state index contributed by atoms with van der Waals surface area (Å²) in [5.41, 5.74) is 0. The molecule has 1 unspecified atom stereocenters. The number of hydrogen-bond acceptors (Lipinski definition) is 4. The van der Waals surface area contributed by atoms with Gasteiger partial charge in [-0.05, 0) is 39.5 Å². The Labute approximate surface area is 146 Å². The fourth-order valence-electron chi connectivity index (χ4n) is 1.64. The number of rotatable bonds is 7. The van der Waals surface area contributed by atoms with Crippen LogP contribution in [0.15, 0.2) is 34.1 Å². The van der Waals surface area contributed by atoms with E-state index in [-0.39, 0.29) is 6.61 Å². The summed E-state index contributed by atoms with van der Waals surface area (Å²) in [6, 6.07) is 6.99. The zero-order valence-corrected chi connectivity index (χ0v) is 14.9. The van der Waals surface area contributed by atoms with Crippen molar-refractivity contribution >= 4 is 50.5 Å². The van der Waals surface area contributed by atoms with Crippen molar-refractivity contribution in [2.24, 2.45) is 0 Å². The van der Waals surface area contributed by atoms with Gasteiger partial charge in [-0.1, -0.05) is 23.2 Å². The van der Waals surface area contributed by atoms with Crippen molar-refractivity contribution in [3.8, 4) is 5.75 Å². The smallest absolute Gasteiger partial charge is 0.139 e. The van der Waals surface area contributed by atoms with Crippen LogP contribution in [0.3, 0.4) is 0 Å². The molecule has 21 heavy (non-hydrogen) atoms. The fraction of sp³-hybridized carbons (Fsp3) is 0.286. The highest BCUT2D eigenvalue weighted by molar-refractivity contribution is 9.10. The topological polar surface area (TPSA) is 41.5 Å². The predicted octanol–water partition coefficient (Wildman–Crippen LogP) is 4.35. The van der Waals surface area contributed by atoms with E-state index in [0.717, 1.165) is 4.47 Å². The van der Waals surface area contributed by atoms with Crippen molar-refractivity contribution in [3.05, 3.63) is 49.0 Å². The summed E-state index contributed by atoms with van der Waals surface area (Å²) >= 11 is 17.0. The molecule has 2 rings (SSSR count). The van der Waals surface area contributed by atoms with Crippen LogP contribution in [0.5, 0.6) is 5.75 Å². The van der Waals surface area contributed by atoms with E-state index < -0.39 is 6.10 Å². The molecule has 0 saturated heterocycles. The van der Waals surface area contributed by atoms with Gasteiger partial charge in [-0.25, -0.2) is 0 Å². The fourth-order valence-corrected chi connectivity index (χ4v) is 3.43. The van der Waals surface area contributed by atoms with Gasteiger partial charge >= 0.3 is 0 Å². The highest BCUT2D eigenvalue weighted by Gasteiger charge is 2.09. The molecule has 0 amide bonds. The Morgan fingerprint density at radius 1 is 1.33 bits per heavy atom. The lowest BCUT2D eigenvalue weighted by Crippen LogP contribution is -2.31. The second-order valence-corrected chi connectivity index (χ2v) is 7.06. The molecule has 7 heteroatoms. The molecule has 1 aromatic heterocycles. The van der Waals surface area contributed by atoms with E-state index in [0.29, 0.717) is 28.9 Å². The van der Waals surface area contributed by atoms with Crippen LogP contribution in [-0.2, 0) is 6.54 Å². The standard InChI is InChI=1S/C14H14BrCl2NO2S/c15-11-3-4-21-14(11)7-18-6-10(19)8-20-13-5-9(16)1-2-12(13)17/h1-5,10,18-19H,6-8H2. The second-order valence-electron chi connectivity index (χ2n) is 4.36. The summed E-state index contributed by atoms with van der Waals surface area (Å²) in [4.78, 5) is 1.20. The third-order valence-electron chi connectivity index (χ3n) is 2.68. The number of nitrogens with one attached hydrogen (secondary N) is 1. The quantitative estimate of drug-likeness (QED) is 0.712. The molecule has 3 nitrogen and oxygen atoms in total. The predicted molar refractivity (Wildman–Crippen MR) is 91.7 cm³/mol. The molecule has 2 N–H and O–H groups in total. The van der Waals surface area contributed by atoms with Gasteiger partial charge < -0.3 is 15.2 Å².